The normalized spacial score (nSPS) is 16.0. The lowest BCUT2D eigenvalue weighted by atomic mass is 10.1. The molecule has 1 N–H and O–H groups in total. The number of benzene rings is 2. The first-order valence-electron chi connectivity index (χ1n) is 9.82. The van der Waals surface area contributed by atoms with E-state index < -0.39 is 12.8 Å². The van der Waals surface area contributed by atoms with Crippen molar-refractivity contribution in [1.82, 2.24) is 10.2 Å². The van der Waals surface area contributed by atoms with E-state index in [1.54, 1.807) is 12.1 Å². The molecule has 0 aromatic heterocycles. The number of hydrogen-bond donors (Lipinski definition) is 1. The molecular weight excluding hydrogens is 381 g/mol. The molecule has 0 saturated carbocycles. The third kappa shape index (κ3) is 6.65. The van der Waals surface area contributed by atoms with Crippen molar-refractivity contribution in [3.05, 3.63) is 59.7 Å². The second-order valence-electron chi connectivity index (χ2n) is 7.24. The third-order valence-corrected chi connectivity index (χ3v) is 5.01. The van der Waals surface area contributed by atoms with Crippen LogP contribution in [0.1, 0.15) is 30.0 Å². The van der Waals surface area contributed by atoms with Crippen LogP contribution in [-0.2, 0) is 6.54 Å². The molecule has 1 unspecified atom stereocenters. The van der Waals surface area contributed by atoms with Gasteiger partial charge in [0.2, 0.25) is 0 Å². The average Bonchev–Trinajstić information content (AvgIpc) is 3.23. The van der Waals surface area contributed by atoms with E-state index in [0.717, 1.165) is 25.2 Å². The Morgan fingerprint density at radius 2 is 1.76 bits per heavy atom. The number of rotatable bonds is 9. The number of nitrogens with one attached hydrogen (secondary N) is 1. The van der Waals surface area contributed by atoms with E-state index in [1.165, 1.54) is 31.6 Å². The Bertz CT molecular complexity index is 762. The second-order valence-corrected chi connectivity index (χ2v) is 7.24. The fourth-order valence-corrected chi connectivity index (χ4v) is 3.54. The van der Waals surface area contributed by atoms with Crippen LogP contribution in [0.2, 0.25) is 0 Å². The Labute approximate surface area is 169 Å². The maximum absolute atomic E-state index is 12.4. The van der Waals surface area contributed by atoms with Gasteiger partial charge in [-0.05, 0) is 49.2 Å². The van der Waals surface area contributed by atoms with Crippen molar-refractivity contribution in [3.8, 4) is 11.5 Å². The first-order chi connectivity index (χ1) is 13.9. The van der Waals surface area contributed by atoms with Crippen LogP contribution >= 0.6 is 0 Å². The molecule has 2 aromatic carbocycles. The standard InChI is InChI=1S/C22H27F3N2O2/c1-28-21-13-17(9-10-20(21)29-16-22(23,24)25)14-26-19(15-27-11-5-6-12-27)18-7-3-2-4-8-18/h2-4,7-10,13,19,26H,5-6,11-12,14-16H2,1H3. The fraction of sp³-hybridized carbons (Fsp3) is 0.455. The SMILES string of the molecule is COc1cc(CNC(CN2CCCC2)c2ccccc2)ccc1OCC(F)(F)F. The van der Waals surface area contributed by atoms with Crippen LogP contribution in [0, 0.1) is 0 Å². The van der Waals surface area contributed by atoms with E-state index in [-0.39, 0.29) is 11.8 Å². The predicted molar refractivity (Wildman–Crippen MR) is 106 cm³/mol. The van der Waals surface area contributed by atoms with Crippen LogP contribution in [0.4, 0.5) is 13.2 Å². The van der Waals surface area contributed by atoms with Crippen molar-refractivity contribution in [2.45, 2.75) is 31.6 Å². The van der Waals surface area contributed by atoms with Gasteiger partial charge in [0.25, 0.3) is 0 Å². The zero-order valence-electron chi connectivity index (χ0n) is 16.5. The first kappa shape index (κ1) is 21.5. The Morgan fingerprint density at radius 1 is 1.03 bits per heavy atom. The summed E-state index contributed by atoms with van der Waals surface area (Å²) in [6, 6.07) is 15.5. The summed E-state index contributed by atoms with van der Waals surface area (Å²) >= 11 is 0. The summed E-state index contributed by atoms with van der Waals surface area (Å²) in [5.74, 6) is 0.384. The smallest absolute Gasteiger partial charge is 0.422 e. The lowest BCUT2D eigenvalue weighted by Gasteiger charge is -2.25. The van der Waals surface area contributed by atoms with Gasteiger partial charge in [-0.2, -0.15) is 13.2 Å². The molecule has 1 heterocycles. The third-order valence-electron chi connectivity index (χ3n) is 5.01. The van der Waals surface area contributed by atoms with Crippen LogP contribution in [-0.4, -0.2) is 44.4 Å². The highest BCUT2D eigenvalue weighted by molar-refractivity contribution is 5.43. The Kier molecular flexibility index (Phi) is 7.39. The summed E-state index contributed by atoms with van der Waals surface area (Å²) in [7, 11) is 1.42. The molecule has 1 aliphatic heterocycles. The van der Waals surface area contributed by atoms with Gasteiger partial charge >= 0.3 is 6.18 Å². The number of likely N-dealkylation sites (tertiary alicyclic amines) is 1. The van der Waals surface area contributed by atoms with E-state index >= 15 is 0 Å². The van der Waals surface area contributed by atoms with Gasteiger partial charge in [-0.15, -0.1) is 0 Å². The van der Waals surface area contributed by atoms with E-state index in [2.05, 4.69) is 22.3 Å². The maximum Gasteiger partial charge on any atom is 0.422 e. The van der Waals surface area contributed by atoms with Crippen LogP contribution in [0.25, 0.3) is 0 Å². The summed E-state index contributed by atoms with van der Waals surface area (Å²) in [4.78, 5) is 2.46. The molecule has 0 amide bonds. The highest BCUT2D eigenvalue weighted by Crippen LogP contribution is 2.30. The molecule has 0 bridgehead atoms. The molecule has 1 saturated heterocycles. The molecule has 7 heteroatoms. The number of ether oxygens (including phenoxy) is 2. The van der Waals surface area contributed by atoms with E-state index in [1.807, 2.05) is 18.2 Å². The maximum atomic E-state index is 12.4. The van der Waals surface area contributed by atoms with Crippen molar-refractivity contribution < 1.29 is 22.6 Å². The molecule has 2 aromatic rings. The van der Waals surface area contributed by atoms with Gasteiger partial charge in [0, 0.05) is 19.1 Å². The first-order valence-corrected chi connectivity index (χ1v) is 9.82. The molecule has 1 aliphatic rings. The number of nitrogens with zero attached hydrogens (tertiary/aromatic N) is 1. The van der Waals surface area contributed by atoms with Gasteiger partial charge in [0.15, 0.2) is 18.1 Å². The second kappa shape index (κ2) is 9.98. The van der Waals surface area contributed by atoms with E-state index in [4.69, 9.17) is 9.47 Å². The number of alkyl halides is 3. The molecular formula is C22H27F3N2O2. The zero-order chi connectivity index (χ0) is 20.7. The summed E-state index contributed by atoms with van der Waals surface area (Å²) in [5.41, 5.74) is 2.14. The minimum atomic E-state index is -4.39. The molecule has 0 aliphatic carbocycles. The Balaban J connectivity index is 1.66. The highest BCUT2D eigenvalue weighted by Gasteiger charge is 2.29. The van der Waals surface area contributed by atoms with Crippen molar-refractivity contribution in [2.24, 2.45) is 0 Å². The lowest BCUT2D eigenvalue weighted by molar-refractivity contribution is -0.153. The van der Waals surface area contributed by atoms with Gasteiger partial charge in [-0.1, -0.05) is 36.4 Å². The van der Waals surface area contributed by atoms with Gasteiger partial charge < -0.3 is 19.7 Å². The van der Waals surface area contributed by atoms with Crippen LogP contribution in [0.3, 0.4) is 0 Å². The van der Waals surface area contributed by atoms with Crippen LogP contribution < -0.4 is 14.8 Å². The number of methoxy groups -OCH3 is 1. The average molecular weight is 408 g/mol. The molecule has 0 radical (unpaired) electrons. The van der Waals surface area contributed by atoms with Gasteiger partial charge in [-0.3, -0.25) is 0 Å². The van der Waals surface area contributed by atoms with Gasteiger partial charge in [-0.25, -0.2) is 0 Å². The van der Waals surface area contributed by atoms with E-state index in [9.17, 15) is 13.2 Å². The molecule has 1 fully saturated rings. The van der Waals surface area contributed by atoms with E-state index in [0.29, 0.717) is 12.3 Å². The minimum absolute atomic E-state index is 0.0882. The largest absolute Gasteiger partial charge is 0.493 e. The summed E-state index contributed by atoms with van der Waals surface area (Å²) in [6.45, 7) is 2.39. The van der Waals surface area contributed by atoms with Gasteiger partial charge in [0.1, 0.15) is 0 Å². The monoisotopic (exact) mass is 408 g/mol. The number of hydrogen-bond acceptors (Lipinski definition) is 4. The Hall–Kier alpha value is -2.25. The van der Waals surface area contributed by atoms with Crippen molar-refractivity contribution in [3.63, 3.8) is 0 Å². The summed E-state index contributed by atoms with van der Waals surface area (Å²) < 4.78 is 47.3. The minimum Gasteiger partial charge on any atom is -0.493 e. The van der Waals surface area contributed by atoms with Gasteiger partial charge in [0.05, 0.1) is 7.11 Å². The summed E-state index contributed by atoms with van der Waals surface area (Å²) in [6.07, 6.45) is -1.92. The van der Waals surface area contributed by atoms with Crippen molar-refractivity contribution in [1.29, 1.82) is 0 Å². The zero-order valence-corrected chi connectivity index (χ0v) is 16.5. The highest BCUT2D eigenvalue weighted by atomic mass is 19.4. The molecule has 29 heavy (non-hydrogen) atoms. The predicted octanol–water partition coefficient (Wildman–Crippen LogP) is 4.56. The molecule has 4 nitrogen and oxygen atoms in total. The van der Waals surface area contributed by atoms with Crippen LogP contribution in [0.15, 0.2) is 48.5 Å². The molecule has 158 valence electrons. The molecule has 3 rings (SSSR count). The summed E-state index contributed by atoms with van der Waals surface area (Å²) in [5, 5.41) is 3.59. The van der Waals surface area contributed by atoms with Crippen LogP contribution in [0.5, 0.6) is 11.5 Å². The number of halogens is 3. The molecule has 0 spiro atoms. The molecule has 1 atom stereocenters. The topological polar surface area (TPSA) is 33.7 Å². The van der Waals surface area contributed by atoms with Crippen molar-refractivity contribution in [2.75, 3.05) is 33.4 Å². The quantitative estimate of drug-likeness (QED) is 0.659. The fourth-order valence-electron chi connectivity index (χ4n) is 3.54. The lowest BCUT2D eigenvalue weighted by Crippen LogP contribution is -2.33. The Morgan fingerprint density at radius 3 is 2.41 bits per heavy atom. The van der Waals surface area contributed by atoms with Crippen molar-refractivity contribution >= 4 is 0 Å².